The zero-order chi connectivity index (χ0) is 14.1. The molecule has 0 spiro atoms. The molecule has 21 heavy (non-hydrogen) atoms. The van der Waals surface area contributed by atoms with Gasteiger partial charge in [0.1, 0.15) is 12.7 Å². The van der Waals surface area contributed by atoms with Crippen LogP contribution >= 0.6 is 0 Å². The van der Waals surface area contributed by atoms with Crippen molar-refractivity contribution in [2.24, 2.45) is 0 Å². The number of nitrogens with zero attached hydrogens (tertiary/aromatic N) is 1. The number of para-hydroxylation sites is 2. The second kappa shape index (κ2) is 5.41. The highest BCUT2D eigenvalue weighted by atomic mass is 16.6. The average molecular weight is 281 g/mol. The van der Waals surface area contributed by atoms with Crippen LogP contribution in [0.15, 0.2) is 48.5 Å². The van der Waals surface area contributed by atoms with Crippen LogP contribution in [0.25, 0.3) is 0 Å². The van der Waals surface area contributed by atoms with Crippen LogP contribution in [0.2, 0.25) is 0 Å². The first kappa shape index (κ1) is 12.7. The summed E-state index contributed by atoms with van der Waals surface area (Å²) in [6.07, 6.45) is 1.24. The van der Waals surface area contributed by atoms with Gasteiger partial charge in [0.05, 0.1) is 0 Å². The summed E-state index contributed by atoms with van der Waals surface area (Å²) >= 11 is 0. The molecule has 4 rings (SSSR count). The Kier molecular flexibility index (Phi) is 3.28. The second-order valence-corrected chi connectivity index (χ2v) is 5.75. The fourth-order valence-corrected chi connectivity index (χ4v) is 3.15. The van der Waals surface area contributed by atoms with Gasteiger partial charge in [-0.15, -0.1) is 0 Å². The van der Waals surface area contributed by atoms with Crippen molar-refractivity contribution in [1.29, 1.82) is 0 Å². The maximum atomic E-state index is 6.06. The standard InChI is InChI=1S/C18H19NO2/c1-2-6-15-11-19(10-9-14(15)5-1)12-16-13-20-17-7-3-4-8-18(17)21-16/h1-8,16H,9-13H2. The molecule has 0 N–H and O–H groups in total. The fourth-order valence-electron chi connectivity index (χ4n) is 3.15. The van der Waals surface area contributed by atoms with E-state index >= 15 is 0 Å². The molecule has 1 unspecified atom stereocenters. The Balaban J connectivity index is 1.42. The minimum absolute atomic E-state index is 0.116. The summed E-state index contributed by atoms with van der Waals surface area (Å²) < 4.78 is 11.9. The number of rotatable bonds is 2. The SMILES string of the molecule is c1ccc2c(c1)CCN(CC1COc3ccccc3O1)C2. The zero-order valence-electron chi connectivity index (χ0n) is 12.0. The number of fused-ring (bicyclic) bond motifs is 2. The monoisotopic (exact) mass is 281 g/mol. The first-order chi connectivity index (χ1) is 10.4. The Hall–Kier alpha value is -2.00. The molecule has 0 aromatic heterocycles. The lowest BCUT2D eigenvalue weighted by Gasteiger charge is -2.34. The third-order valence-corrected chi connectivity index (χ3v) is 4.24. The van der Waals surface area contributed by atoms with Crippen molar-refractivity contribution < 1.29 is 9.47 Å². The molecule has 1 atom stereocenters. The van der Waals surface area contributed by atoms with Gasteiger partial charge >= 0.3 is 0 Å². The molecule has 0 amide bonds. The maximum absolute atomic E-state index is 6.06. The normalized spacial score (nSPS) is 20.9. The minimum atomic E-state index is 0.116. The molecule has 0 aliphatic carbocycles. The Morgan fingerprint density at radius 3 is 2.62 bits per heavy atom. The third-order valence-electron chi connectivity index (χ3n) is 4.24. The number of hydrogen-bond donors (Lipinski definition) is 0. The van der Waals surface area contributed by atoms with Crippen molar-refractivity contribution in [2.75, 3.05) is 19.7 Å². The molecule has 3 nitrogen and oxygen atoms in total. The van der Waals surface area contributed by atoms with Crippen LogP contribution in [0.4, 0.5) is 0 Å². The molecule has 3 heteroatoms. The summed E-state index contributed by atoms with van der Waals surface area (Å²) in [4.78, 5) is 2.46. The summed E-state index contributed by atoms with van der Waals surface area (Å²) in [6.45, 7) is 3.66. The highest BCUT2D eigenvalue weighted by Crippen LogP contribution is 2.31. The zero-order valence-corrected chi connectivity index (χ0v) is 12.0. The van der Waals surface area contributed by atoms with E-state index in [1.54, 1.807) is 0 Å². The molecule has 2 heterocycles. The van der Waals surface area contributed by atoms with Crippen molar-refractivity contribution in [3.05, 3.63) is 59.7 Å². The molecule has 0 radical (unpaired) electrons. The third kappa shape index (κ3) is 2.61. The Labute approximate surface area is 125 Å². The Morgan fingerprint density at radius 2 is 1.71 bits per heavy atom. The largest absolute Gasteiger partial charge is 0.486 e. The topological polar surface area (TPSA) is 21.7 Å². The van der Waals surface area contributed by atoms with Crippen molar-refractivity contribution in [3.8, 4) is 11.5 Å². The molecule has 2 aromatic carbocycles. The van der Waals surface area contributed by atoms with Crippen LogP contribution in [-0.4, -0.2) is 30.7 Å². The van der Waals surface area contributed by atoms with E-state index in [0.717, 1.165) is 37.6 Å². The van der Waals surface area contributed by atoms with Gasteiger partial charge in [0.25, 0.3) is 0 Å². The van der Waals surface area contributed by atoms with Gasteiger partial charge in [0.15, 0.2) is 11.5 Å². The summed E-state index contributed by atoms with van der Waals surface area (Å²) in [5.74, 6) is 1.73. The van der Waals surface area contributed by atoms with Crippen LogP contribution in [0.3, 0.4) is 0 Å². The molecule has 0 saturated heterocycles. The van der Waals surface area contributed by atoms with E-state index in [-0.39, 0.29) is 6.10 Å². The Morgan fingerprint density at radius 1 is 0.952 bits per heavy atom. The van der Waals surface area contributed by atoms with Gasteiger partial charge in [-0.2, -0.15) is 0 Å². The quantitative estimate of drug-likeness (QED) is 0.845. The van der Waals surface area contributed by atoms with E-state index in [0.29, 0.717) is 6.61 Å². The van der Waals surface area contributed by atoms with Crippen molar-refractivity contribution >= 4 is 0 Å². The highest BCUT2D eigenvalue weighted by molar-refractivity contribution is 5.40. The fraction of sp³-hybridized carbons (Fsp3) is 0.333. The second-order valence-electron chi connectivity index (χ2n) is 5.75. The van der Waals surface area contributed by atoms with E-state index < -0.39 is 0 Å². The lowest BCUT2D eigenvalue weighted by Crippen LogP contribution is -2.42. The lowest BCUT2D eigenvalue weighted by atomic mass is 10.00. The lowest BCUT2D eigenvalue weighted by molar-refractivity contribution is 0.0549. The summed E-state index contributed by atoms with van der Waals surface area (Å²) in [5.41, 5.74) is 2.93. The summed E-state index contributed by atoms with van der Waals surface area (Å²) in [5, 5.41) is 0. The number of ether oxygens (including phenoxy) is 2. The van der Waals surface area contributed by atoms with E-state index in [4.69, 9.17) is 9.47 Å². The van der Waals surface area contributed by atoms with E-state index in [9.17, 15) is 0 Å². The maximum Gasteiger partial charge on any atom is 0.161 e. The van der Waals surface area contributed by atoms with Crippen LogP contribution in [-0.2, 0) is 13.0 Å². The van der Waals surface area contributed by atoms with Crippen molar-refractivity contribution in [3.63, 3.8) is 0 Å². The molecular weight excluding hydrogens is 262 g/mol. The van der Waals surface area contributed by atoms with Gasteiger partial charge in [0.2, 0.25) is 0 Å². The highest BCUT2D eigenvalue weighted by Gasteiger charge is 2.24. The molecule has 2 aromatic rings. The van der Waals surface area contributed by atoms with Crippen LogP contribution < -0.4 is 9.47 Å². The van der Waals surface area contributed by atoms with E-state index in [2.05, 4.69) is 29.2 Å². The molecule has 0 bridgehead atoms. The molecule has 2 aliphatic heterocycles. The van der Waals surface area contributed by atoms with Crippen LogP contribution in [0, 0.1) is 0 Å². The van der Waals surface area contributed by atoms with E-state index in [1.807, 2.05) is 24.3 Å². The summed E-state index contributed by atoms with van der Waals surface area (Å²) in [7, 11) is 0. The molecule has 0 fully saturated rings. The average Bonchev–Trinajstić information content (AvgIpc) is 2.55. The molecule has 108 valence electrons. The van der Waals surface area contributed by atoms with Gasteiger partial charge in [-0.25, -0.2) is 0 Å². The summed E-state index contributed by atoms with van der Waals surface area (Å²) in [6, 6.07) is 16.6. The van der Waals surface area contributed by atoms with Crippen molar-refractivity contribution in [2.45, 2.75) is 19.1 Å². The predicted molar refractivity (Wildman–Crippen MR) is 81.8 cm³/mol. The van der Waals surface area contributed by atoms with Crippen molar-refractivity contribution in [1.82, 2.24) is 4.90 Å². The first-order valence-electron chi connectivity index (χ1n) is 7.56. The van der Waals surface area contributed by atoms with Gasteiger partial charge in [-0.1, -0.05) is 36.4 Å². The molecular formula is C18H19NO2. The van der Waals surface area contributed by atoms with E-state index in [1.165, 1.54) is 11.1 Å². The predicted octanol–water partition coefficient (Wildman–Crippen LogP) is 2.88. The van der Waals surface area contributed by atoms with Gasteiger partial charge in [-0.05, 0) is 29.7 Å². The van der Waals surface area contributed by atoms with Gasteiger partial charge in [0, 0.05) is 19.6 Å². The molecule has 0 saturated carbocycles. The number of benzene rings is 2. The Bertz CT molecular complexity index is 585. The number of hydrogen-bond acceptors (Lipinski definition) is 3. The van der Waals surface area contributed by atoms with Crippen LogP contribution in [0.1, 0.15) is 11.1 Å². The van der Waals surface area contributed by atoms with Crippen LogP contribution in [0.5, 0.6) is 11.5 Å². The molecule has 2 aliphatic rings. The smallest absolute Gasteiger partial charge is 0.161 e. The van der Waals surface area contributed by atoms with Gasteiger partial charge in [-0.3, -0.25) is 4.90 Å². The minimum Gasteiger partial charge on any atom is -0.486 e. The first-order valence-corrected chi connectivity index (χ1v) is 7.56. The van der Waals surface area contributed by atoms with Gasteiger partial charge < -0.3 is 9.47 Å².